The van der Waals surface area contributed by atoms with E-state index in [1.54, 1.807) is 53.6 Å². The van der Waals surface area contributed by atoms with Gasteiger partial charge in [0.2, 0.25) is 0 Å². The number of para-hydroxylation sites is 2. The van der Waals surface area contributed by atoms with Crippen LogP contribution in [0.4, 0.5) is 11.5 Å². The fourth-order valence-corrected chi connectivity index (χ4v) is 9.17. The van der Waals surface area contributed by atoms with E-state index < -0.39 is 79.6 Å². The Balaban J connectivity index is 1.19. The van der Waals surface area contributed by atoms with Crippen LogP contribution in [0.1, 0.15) is 70.5 Å². The second kappa shape index (κ2) is 15.7. The summed E-state index contributed by atoms with van der Waals surface area (Å²) in [5.74, 6) is 1.24. The molecule has 0 saturated carbocycles. The minimum atomic E-state index is -2.55. The first-order chi connectivity index (χ1) is 35.7. The molecule has 0 radical (unpaired) electrons. The van der Waals surface area contributed by atoms with Crippen LogP contribution in [-0.4, -0.2) is 30.8 Å². The summed E-state index contributed by atoms with van der Waals surface area (Å²) in [6.45, 7) is 8.25. The van der Waals surface area contributed by atoms with Crippen molar-refractivity contribution in [3.63, 3.8) is 0 Å². The summed E-state index contributed by atoms with van der Waals surface area (Å²) in [6, 6.07) is 24.1. The molecule has 314 valence electrons. The molecule has 0 atom stereocenters. The molecule has 0 aliphatic carbocycles. The minimum absolute atomic E-state index is 0.132. The summed E-state index contributed by atoms with van der Waals surface area (Å²) in [7, 11) is 0. The van der Waals surface area contributed by atoms with Crippen molar-refractivity contribution in [2.24, 2.45) is 0 Å². The Hall–Kier alpha value is -6.50. The fraction of sp³-hybridized carbons (Fsp3) is 0.167. The van der Waals surface area contributed by atoms with Crippen LogP contribution >= 0.6 is 0 Å². The van der Waals surface area contributed by atoms with Crippen molar-refractivity contribution in [1.29, 1.82) is 0 Å². The van der Waals surface area contributed by atoms with Crippen molar-refractivity contribution in [2.75, 3.05) is 4.81 Å². The Bertz CT molecular complexity index is 3800. The molecule has 0 N–H and O–H groups in total. The second-order valence-electron chi connectivity index (χ2n) is 17.4. The Kier molecular flexibility index (Phi) is 7.04. The molecule has 6 aromatic carbocycles. The van der Waals surface area contributed by atoms with Crippen LogP contribution in [-0.2, 0) is 30.2 Å². The Labute approximate surface area is 399 Å². The monoisotopic (exact) mass is 1020 g/mol. The SMILES string of the molecule is [2H]c1c([2H])c([2H])c(-c2cc(C(C)(C)C)cc(-c3c([2H])c([2H])c([2H])c([2H])c3[2H])c2-n2[c](=[Pt])n(-c3cccc(Oc4ccc5c(c4)N(c4cc(C(C)(C)C)ccn4)B(C([2H])([2H])[2H])n4nccc4-5)c3)c3ccccc32)c([2H])c1[2H]. The van der Waals surface area contributed by atoms with Gasteiger partial charge in [-0.2, -0.15) is 5.10 Å². The van der Waals surface area contributed by atoms with Crippen LogP contribution in [0, 0.1) is 3.80 Å². The van der Waals surface area contributed by atoms with Crippen molar-refractivity contribution in [1.82, 2.24) is 23.8 Å². The number of pyridine rings is 1. The van der Waals surface area contributed by atoms with Crippen molar-refractivity contribution in [3.8, 4) is 56.4 Å². The zero-order valence-corrected chi connectivity index (χ0v) is 37.6. The third-order valence-corrected chi connectivity index (χ3v) is 12.3. The Morgan fingerprint density at radius 1 is 0.635 bits per heavy atom. The number of benzene rings is 6. The van der Waals surface area contributed by atoms with E-state index in [2.05, 4.69) is 45.2 Å². The quantitative estimate of drug-likeness (QED) is 0.149. The van der Waals surface area contributed by atoms with Crippen LogP contribution in [0.5, 0.6) is 11.5 Å². The van der Waals surface area contributed by atoms with Gasteiger partial charge in [-0.15, -0.1) is 0 Å². The van der Waals surface area contributed by atoms with Gasteiger partial charge in [-0.25, -0.2) is 0 Å². The summed E-state index contributed by atoms with van der Waals surface area (Å²) < 4.78 is 128. The molecule has 4 heterocycles. The van der Waals surface area contributed by atoms with E-state index in [-0.39, 0.29) is 33.4 Å². The van der Waals surface area contributed by atoms with Gasteiger partial charge < -0.3 is 0 Å². The normalized spacial score (nSPS) is 15.8. The van der Waals surface area contributed by atoms with Crippen LogP contribution in [0.25, 0.3) is 55.9 Å². The molecule has 0 amide bonds. The van der Waals surface area contributed by atoms with Gasteiger partial charge >= 0.3 is 341 Å². The molecule has 10 rings (SSSR count). The number of rotatable bonds is 7. The van der Waals surface area contributed by atoms with Gasteiger partial charge in [0, 0.05) is 16.5 Å². The molecule has 7 nitrogen and oxygen atoms in total. The van der Waals surface area contributed by atoms with Gasteiger partial charge in [0.25, 0.3) is 0 Å². The third-order valence-electron chi connectivity index (χ3n) is 11.3. The molecule has 0 saturated heterocycles. The van der Waals surface area contributed by atoms with E-state index in [1.165, 1.54) is 4.59 Å². The van der Waals surface area contributed by atoms with E-state index in [9.17, 15) is 5.48 Å². The molecule has 1 aliphatic rings. The Morgan fingerprint density at radius 2 is 1.29 bits per heavy atom. The van der Waals surface area contributed by atoms with Crippen molar-refractivity contribution in [2.45, 2.75) is 59.1 Å². The molecule has 0 spiro atoms. The summed E-state index contributed by atoms with van der Waals surface area (Å²) in [6.07, 6.45) is 3.26. The van der Waals surface area contributed by atoms with Gasteiger partial charge in [0.15, 0.2) is 0 Å². The summed E-state index contributed by atoms with van der Waals surface area (Å²) >= 11 is 2.15. The zero-order chi connectivity index (χ0) is 54.8. The molecule has 1 aliphatic heterocycles. The molecule has 63 heavy (non-hydrogen) atoms. The van der Waals surface area contributed by atoms with Crippen molar-refractivity contribution < 1.29 is 41.9 Å². The third kappa shape index (κ3) is 7.30. The molecule has 9 aromatic rings. The first-order valence-corrected chi connectivity index (χ1v) is 21.6. The molecule has 9 heteroatoms. The second-order valence-corrected chi connectivity index (χ2v) is 18.4. The standard InChI is InChI=1S/C54H49BN6O.Pt/c1-53(2,3)39-27-29-56-51(33-39)60-50-35-43(25-26-44(50)47-28-30-57-61(47)55(60)7)62-42-22-16-21-41(34-42)58-36-59(49-24-15-14-23-48(49)58)52-45(37-17-10-8-11-18-37)31-40(54(4,5)6)32-46(52)38-19-12-9-13-20-38;/h8-35H,1-7H3;/i7D3,8D,9D,10D,11D,12D,13D,17D,18D,19D,20D;. The predicted octanol–water partition coefficient (Wildman–Crippen LogP) is 13.6. The Morgan fingerprint density at radius 3 is 1.94 bits per heavy atom. The van der Waals surface area contributed by atoms with Crippen LogP contribution in [0.2, 0.25) is 6.75 Å². The molecule has 3 aromatic heterocycles. The van der Waals surface area contributed by atoms with E-state index >= 15 is 0 Å². The number of fused-ring (bicyclic) bond motifs is 4. The van der Waals surface area contributed by atoms with Crippen molar-refractivity contribution in [3.05, 3.63) is 185 Å². The van der Waals surface area contributed by atoms with Crippen LogP contribution in [0.3, 0.4) is 0 Å². The van der Waals surface area contributed by atoms with Crippen LogP contribution in [0.15, 0.2) is 170 Å². The number of nitrogens with zero attached hydrogens (tertiary/aromatic N) is 6. The number of ether oxygens (including phenoxy) is 1. The van der Waals surface area contributed by atoms with Crippen LogP contribution < -0.4 is 9.55 Å². The fourth-order valence-electron chi connectivity index (χ4n) is 8.07. The van der Waals surface area contributed by atoms with Crippen molar-refractivity contribution >= 4 is 29.5 Å². The zero-order valence-electron chi connectivity index (χ0n) is 48.4. The molecule has 0 fully saturated rings. The van der Waals surface area contributed by atoms with E-state index in [0.29, 0.717) is 54.8 Å². The first-order valence-electron chi connectivity index (χ1n) is 26.9. The first kappa shape index (κ1) is 28.2. The van der Waals surface area contributed by atoms with E-state index in [0.717, 1.165) is 11.1 Å². The molecule has 0 unspecified atom stereocenters. The van der Waals surface area contributed by atoms with Gasteiger partial charge in [-0.3, -0.25) is 0 Å². The topological polar surface area (TPSA) is 53.0 Å². The number of hydrogen-bond donors (Lipinski definition) is 0. The maximum absolute atomic E-state index is 9.29. The summed E-state index contributed by atoms with van der Waals surface area (Å²) in [5, 5.41) is 4.49. The average molecular weight is 1020 g/mol. The maximum atomic E-state index is 9.29. The molecule has 0 bridgehead atoms. The molecular formula is C54H49BN6OPt. The number of imidazole rings is 1. The number of aromatic nitrogens is 5. The summed E-state index contributed by atoms with van der Waals surface area (Å²) in [5.41, 5.74) is 4.72. The average Bonchev–Trinajstić information content (AvgIpc) is 4.13. The van der Waals surface area contributed by atoms with Gasteiger partial charge in [-0.1, -0.05) is 20.8 Å². The van der Waals surface area contributed by atoms with E-state index in [4.69, 9.17) is 22.1 Å². The number of anilines is 2. The predicted molar refractivity (Wildman–Crippen MR) is 255 cm³/mol. The summed E-state index contributed by atoms with van der Waals surface area (Å²) in [4.78, 5) is 6.41. The van der Waals surface area contributed by atoms with Gasteiger partial charge in [0.05, 0.1) is 0 Å². The van der Waals surface area contributed by atoms with Gasteiger partial charge in [-0.05, 0) is 17.0 Å². The van der Waals surface area contributed by atoms with E-state index in [1.807, 2.05) is 90.6 Å². The number of hydrogen-bond acceptors (Lipinski definition) is 4. The molecular weight excluding hydrogens is 955 g/mol. The van der Waals surface area contributed by atoms with Gasteiger partial charge in [0.1, 0.15) is 0 Å².